The van der Waals surface area contributed by atoms with E-state index >= 15 is 0 Å². The highest BCUT2D eigenvalue weighted by Crippen LogP contribution is 2.30. The Morgan fingerprint density at radius 3 is 2.52 bits per heavy atom. The first-order valence-electron chi connectivity index (χ1n) is 8.28. The molecular weight excluding hydrogens is 359 g/mol. The van der Waals surface area contributed by atoms with Crippen molar-refractivity contribution >= 4 is 16.9 Å². The molecule has 0 saturated carbocycles. The van der Waals surface area contributed by atoms with Crippen LogP contribution in [0.25, 0.3) is 11.0 Å². The molecule has 1 heterocycles. The van der Waals surface area contributed by atoms with Crippen LogP contribution in [0.1, 0.15) is 29.7 Å². The van der Waals surface area contributed by atoms with Crippen LogP contribution in [-0.4, -0.2) is 13.0 Å². The van der Waals surface area contributed by atoms with Crippen LogP contribution in [0.5, 0.6) is 5.75 Å². The average molecular weight is 377 g/mol. The fourth-order valence-corrected chi connectivity index (χ4v) is 2.84. The molecule has 3 aromatic rings. The molecule has 1 atom stereocenters. The van der Waals surface area contributed by atoms with Gasteiger partial charge in [0, 0.05) is 17.0 Å². The Hall–Kier alpha value is -2.96. The number of amides is 1. The van der Waals surface area contributed by atoms with Crippen molar-refractivity contribution in [2.45, 2.75) is 25.6 Å². The van der Waals surface area contributed by atoms with Gasteiger partial charge in [-0.05, 0) is 36.8 Å². The van der Waals surface area contributed by atoms with Gasteiger partial charge in [0.2, 0.25) is 5.91 Å². The monoisotopic (exact) mass is 377 g/mol. The summed E-state index contributed by atoms with van der Waals surface area (Å²) in [4.78, 5) is 12.3. The van der Waals surface area contributed by atoms with Gasteiger partial charge in [-0.15, -0.1) is 0 Å². The van der Waals surface area contributed by atoms with Crippen LogP contribution in [0.3, 0.4) is 0 Å². The number of carbonyl (C=O) groups is 1. The quantitative estimate of drug-likeness (QED) is 0.689. The molecule has 1 amide bonds. The Morgan fingerprint density at radius 1 is 1.19 bits per heavy atom. The summed E-state index contributed by atoms with van der Waals surface area (Å²) in [7, 11) is 1.56. The standard InChI is InChI=1S/C20H18F3NO3/c1-12(13-3-5-15(6-4-13)20(21,22)23)24-19(25)9-14-11-27-18-10-16(26-2)7-8-17(14)18/h3-8,10-12H,9H2,1-2H3,(H,24,25). The predicted octanol–water partition coefficient (Wildman–Crippen LogP) is 4.88. The van der Waals surface area contributed by atoms with E-state index in [9.17, 15) is 18.0 Å². The van der Waals surface area contributed by atoms with E-state index in [1.54, 1.807) is 26.2 Å². The second-order valence-electron chi connectivity index (χ2n) is 6.21. The lowest BCUT2D eigenvalue weighted by molar-refractivity contribution is -0.137. The Labute approximate surface area is 153 Å². The molecule has 0 saturated heterocycles. The Kier molecular flexibility index (Phi) is 5.12. The van der Waals surface area contributed by atoms with Gasteiger partial charge in [0.25, 0.3) is 0 Å². The number of ether oxygens (including phenoxy) is 1. The highest BCUT2D eigenvalue weighted by atomic mass is 19.4. The topological polar surface area (TPSA) is 51.5 Å². The smallest absolute Gasteiger partial charge is 0.416 e. The number of hydrogen-bond donors (Lipinski definition) is 1. The number of furan rings is 1. The number of rotatable bonds is 5. The van der Waals surface area contributed by atoms with Gasteiger partial charge in [0.15, 0.2) is 0 Å². The van der Waals surface area contributed by atoms with E-state index < -0.39 is 17.8 Å². The van der Waals surface area contributed by atoms with Gasteiger partial charge in [-0.1, -0.05) is 12.1 Å². The zero-order valence-corrected chi connectivity index (χ0v) is 14.8. The number of hydrogen-bond acceptors (Lipinski definition) is 3. The molecule has 2 aromatic carbocycles. The van der Waals surface area contributed by atoms with Gasteiger partial charge in [-0.3, -0.25) is 4.79 Å². The van der Waals surface area contributed by atoms with Crippen LogP contribution in [-0.2, 0) is 17.4 Å². The van der Waals surface area contributed by atoms with E-state index in [-0.39, 0.29) is 12.3 Å². The van der Waals surface area contributed by atoms with Crippen LogP contribution in [0.4, 0.5) is 13.2 Å². The first-order valence-corrected chi connectivity index (χ1v) is 8.28. The van der Waals surface area contributed by atoms with Crippen molar-refractivity contribution in [1.82, 2.24) is 5.32 Å². The number of methoxy groups -OCH3 is 1. The molecule has 7 heteroatoms. The summed E-state index contributed by atoms with van der Waals surface area (Å²) < 4.78 is 48.5. The molecule has 142 valence electrons. The molecule has 3 rings (SSSR count). The molecule has 0 aliphatic rings. The average Bonchev–Trinajstić information content (AvgIpc) is 3.02. The Bertz CT molecular complexity index is 945. The Balaban J connectivity index is 1.67. The summed E-state index contributed by atoms with van der Waals surface area (Å²) in [6.45, 7) is 1.72. The van der Waals surface area contributed by atoms with Gasteiger partial charge in [-0.25, -0.2) is 0 Å². The SMILES string of the molecule is COc1ccc2c(CC(=O)NC(C)c3ccc(C(F)(F)F)cc3)coc2c1. The zero-order valence-electron chi connectivity index (χ0n) is 14.8. The van der Waals surface area contributed by atoms with E-state index in [4.69, 9.17) is 9.15 Å². The summed E-state index contributed by atoms with van der Waals surface area (Å²) in [6, 6.07) is 9.67. The van der Waals surface area contributed by atoms with Crippen LogP contribution in [0.2, 0.25) is 0 Å². The van der Waals surface area contributed by atoms with Crippen LogP contribution in [0.15, 0.2) is 53.1 Å². The molecule has 0 radical (unpaired) electrons. The van der Waals surface area contributed by atoms with Crippen molar-refractivity contribution in [2.24, 2.45) is 0 Å². The predicted molar refractivity (Wildman–Crippen MR) is 94.5 cm³/mol. The van der Waals surface area contributed by atoms with Gasteiger partial charge < -0.3 is 14.5 Å². The minimum absolute atomic E-state index is 0.101. The first-order chi connectivity index (χ1) is 12.8. The molecule has 0 aliphatic heterocycles. The fourth-order valence-electron chi connectivity index (χ4n) is 2.84. The number of benzene rings is 2. The lowest BCUT2D eigenvalue weighted by Crippen LogP contribution is -2.28. The maximum Gasteiger partial charge on any atom is 0.416 e. The zero-order chi connectivity index (χ0) is 19.6. The molecule has 27 heavy (non-hydrogen) atoms. The molecule has 0 aliphatic carbocycles. The van der Waals surface area contributed by atoms with Crippen molar-refractivity contribution in [3.63, 3.8) is 0 Å². The van der Waals surface area contributed by atoms with Gasteiger partial charge in [0.05, 0.1) is 31.4 Å². The lowest BCUT2D eigenvalue weighted by Gasteiger charge is -2.15. The first kappa shape index (κ1) is 18.8. The summed E-state index contributed by atoms with van der Waals surface area (Å²) >= 11 is 0. The molecule has 0 bridgehead atoms. The second-order valence-corrected chi connectivity index (χ2v) is 6.21. The molecular formula is C20H18F3NO3. The van der Waals surface area contributed by atoms with E-state index in [1.807, 2.05) is 6.07 Å². The van der Waals surface area contributed by atoms with Crippen LogP contribution < -0.4 is 10.1 Å². The molecule has 1 N–H and O–H groups in total. The Morgan fingerprint density at radius 2 is 1.89 bits per heavy atom. The summed E-state index contributed by atoms with van der Waals surface area (Å²) in [6.07, 6.45) is -2.76. The molecule has 0 spiro atoms. The van der Waals surface area contributed by atoms with Crippen molar-refractivity contribution in [3.8, 4) is 5.75 Å². The maximum absolute atomic E-state index is 12.6. The molecule has 1 unspecified atom stereocenters. The number of carbonyl (C=O) groups excluding carboxylic acids is 1. The summed E-state index contributed by atoms with van der Waals surface area (Å²) in [5, 5.41) is 3.61. The minimum atomic E-state index is -4.38. The van der Waals surface area contributed by atoms with Crippen molar-refractivity contribution in [2.75, 3.05) is 7.11 Å². The van der Waals surface area contributed by atoms with E-state index in [0.29, 0.717) is 16.9 Å². The van der Waals surface area contributed by atoms with Crippen LogP contribution in [0, 0.1) is 0 Å². The van der Waals surface area contributed by atoms with Gasteiger partial charge in [-0.2, -0.15) is 13.2 Å². The van der Waals surface area contributed by atoms with Crippen molar-refractivity contribution < 1.29 is 27.1 Å². The summed E-state index contributed by atoms with van der Waals surface area (Å²) in [5.74, 6) is 0.407. The number of fused-ring (bicyclic) bond motifs is 1. The number of halogens is 3. The van der Waals surface area contributed by atoms with Gasteiger partial charge in [0.1, 0.15) is 11.3 Å². The maximum atomic E-state index is 12.6. The highest BCUT2D eigenvalue weighted by Gasteiger charge is 2.30. The van der Waals surface area contributed by atoms with Crippen molar-refractivity contribution in [3.05, 3.63) is 65.4 Å². The van der Waals surface area contributed by atoms with Crippen molar-refractivity contribution in [1.29, 1.82) is 0 Å². The van der Waals surface area contributed by atoms with Crippen LogP contribution >= 0.6 is 0 Å². The lowest BCUT2D eigenvalue weighted by atomic mass is 10.0. The second kappa shape index (κ2) is 7.34. The van der Waals surface area contributed by atoms with E-state index in [2.05, 4.69) is 5.32 Å². The van der Waals surface area contributed by atoms with Gasteiger partial charge >= 0.3 is 6.18 Å². The third kappa shape index (κ3) is 4.24. The highest BCUT2D eigenvalue weighted by molar-refractivity contribution is 5.88. The third-order valence-electron chi connectivity index (χ3n) is 4.33. The molecule has 4 nitrogen and oxygen atoms in total. The molecule has 1 aromatic heterocycles. The third-order valence-corrected chi connectivity index (χ3v) is 4.33. The summed E-state index contributed by atoms with van der Waals surface area (Å²) in [5.41, 5.74) is 1.22. The largest absolute Gasteiger partial charge is 0.497 e. The number of alkyl halides is 3. The minimum Gasteiger partial charge on any atom is -0.497 e. The fraction of sp³-hybridized carbons (Fsp3) is 0.250. The normalized spacial score (nSPS) is 12.8. The van der Waals surface area contributed by atoms with E-state index in [0.717, 1.165) is 23.1 Å². The molecule has 0 fully saturated rings. The van der Waals surface area contributed by atoms with E-state index in [1.165, 1.54) is 18.4 Å². The number of nitrogens with one attached hydrogen (secondary N) is 1.